The van der Waals surface area contributed by atoms with E-state index in [9.17, 15) is 9.90 Å². The molecule has 2 N–H and O–H groups in total. The summed E-state index contributed by atoms with van der Waals surface area (Å²) in [6.45, 7) is 0. The molecule has 0 aromatic carbocycles. The molecule has 0 radical (unpaired) electrons. The van der Waals surface area contributed by atoms with E-state index in [1.165, 1.54) is 6.20 Å². The van der Waals surface area contributed by atoms with Crippen LogP contribution in [0.15, 0.2) is 24.5 Å². The van der Waals surface area contributed by atoms with Gasteiger partial charge >= 0.3 is 0 Å². The smallest absolute Gasteiger partial charge is 0.254 e. The number of carbonyl (C=O) groups excluding carboxylic acids is 1. The Bertz CT molecular complexity index is 339. The molecule has 0 unspecified atom stereocenters. The molecule has 0 aliphatic rings. The van der Waals surface area contributed by atoms with Crippen molar-refractivity contribution in [2.24, 2.45) is 0 Å². The maximum absolute atomic E-state index is 11.5. The Morgan fingerprint density at radius 3 is 2.67 bits per heavy atom. The number of aliphatic hydroxyl groups excluding tert-OH is 1. The lowest BCUT2D eigenvalue weighted by Gasteiger charge is -2.20. The van der Waals surface area contributed by atoms with Crippen molar-refractivity contribution in [1.82, 2.24) is 10.3 Å². The van der Waals surface area contributed by atoms with E-state index in [1.807, 2.05) is 0 Å². The number of halogens is 3. The minimum Gasteiger partial charge on any atom is -0.370 e. The van der Waals surface area contributed by atoms with E-state index < -0.39 is 14.3 Å². The van der Waals surface area contributed by atoms with Gasteiger partial charge in [-0.1, -0.05) is 47.8 Å². The fraction of sp³-hybridized carbons (Fsp3) is 0.250. The number of aromatic nitrogens is 1. The van der Waals surface area contributed by atoms with Gasteiger partial charge in [0.15, 0.2) is 8.37 Å². The van der Waals surface area contributed by atoms with Crippen molar-refractivity contribution in [3.8, 4) is 0 Å². The molecule has 1 aromatic rings. The molecule has 0 fully saturated rings. The molecule has 1 rings (SSSR count). The topological polar surface area (TPSA) is 62.2 Å². The Hall–Kier alpha value is 0.0200. The van der Waals surface area contributed by atoms with E-state index in [-0.39, 0.29) is 0 Å². The first-order valence-electron chi connectivity index (χ1n) is 3.87. The lowest BCUT2D eigenvalue weighted by molar-refractivity contribution is 0.0809. The van der Waals surface area contributed by atoms with Crippen LogP contribution in [-0.4, -0.2) is 24.4 Å². The highest BCUT2D eigenvalue weighted by atomic mass is 80.0. The van der Waals surface area contributed by atoms with Gasteiger partial charge < -0.3 is 10.4 Å². The predicted molar refractivity (Wildman–Crippen MR) is 67.2 cm³/mol. The lowest BCUT2D eigenvalue weighted by Crippen LogP contribution is -2.42. The van der Waals surface area contributed by atoms with Crippen LogP contribution in [0.2, 0.25) is 0 Å². The Balaban J connectivity index is 2.65. The number of aliphatic hydroxyl groups is 1. The summed E-state index contributed by atoms with van der Waals surface area (Å²) in [4.78, 5) is 15.3. The molecule has 82 valence electrons. The Morgan fingerprint density at radius 2 is 2.20 bits per heavy atom. The number of pyridine rings is 1. The second-order valence-corrected chi connectivity index (χ2v) is 9.60. The molecule has 1 aromatic heterocycles. The summed E-state index contributed by atoms with van der Waals surface area (Å²) in [5, 5.41) is 11.9. The molecule has 1 atom stereocenters. The monoisotopic (exact) mass is 400 g/mol. The second kappa shape index (κ2) is 5.38. The number of amides is 1. The first kappa shape index (κ1) is 13.1. The molecule has 0 saturated carbocycles. The van der Waals surface area contributed by atoms with Gasteiger partial charge in [0.25, 0.3) is 5.91 Å². The van der Waals surface area contributed by atoms with Crippen LogP contribution in [-0.2, 0) is 0 Å². The molecule has 4 nitrogen and oxygen atoms in total. The van der Waals surface area contributed by atoms with Crippen molar-refractivity contribution in [3.63, 3.8) is 0 Å². The Morgan fingerprint density at radius 1 is 1.53 bits per heavy atom. The quantitative estimate of drug-likeness (QED) is 0.587. The van der Waals surface area contributed by atoms with Gasteiger partial charge in [0.2, 0.25) is 0 Å². The summed E-state index contributed by atoms with van der Waals surface area (Å²) in [5.41, 5.74) is 0.383. The summed E-state index contributed by atoms with van der Waals surface area (Å²) in [6.07, 6.45) is 1.86. The van der Waals surface area contributed by atoms with E-state index in [2.05, 4.69) is 58.1 Å². The highest BCUT2D eigenvalue weighted by Crippen LogP contribution is 2.36. The fourth-order valence-electron chi connectivity index (χ4n) is 0.786. The van der Waals surface area contributed by atoms with Crippen LogP contribution in [0.1, 0.15) is 10.4 Å². The number of hydrogen-bond acceptors (Lipinski definition) is 3. The zero-order chi connectivity index (χ0) is 11.5. The van der Waals surface area contributed by atoms with Crippen molar-refractivity contribution in [3.05, 3.63) is 30.1 Å². The Labute approximate surface area is 112 Å². The van der Waals surface area contributed by atoms with Crippen LogP contribution < -0.4 is 5.32 Å². The van der Waals surface area contributed by atoms with Crippen LogP contribution in [0, 0.1) is 0 Å². The van der Waals surface area contributed by atoms with Gasteiger partial charge in [0.05, 0.1) is 5.56 Å². The third kappa shape index (κ3) is 4.18. The van der Waals surface area contributed by atoms with Gasteiger partial charge in [0, 0.05) is 12.4 Å². The second-order valence-electron chi connectivity index (χ2n) is 2.66. The number of nitrogens with zero attached hydrogens (tertiary/aromatic N) is 1. The molecular formula is C8H7Br3N2O2. The summed E-state index contributed by atoms with van der Waals surface area (Å²) in [5.74, 6) is -0.404. The summed E-state index contributed by atoms with van der Waals surface area (Å²) < 4.78 is -0.940. The van der Waals surface area contributed by atoms with Crippen molar-refractivity contribution in [2.75, 3.05) is 0 Å². The maximum atomic E-state index is 11.5. The third-order valence-electron chi connectivity index (χ3n) is 1.50. The standard InChI is InChI=1S/C8H7Br3N2O2/c9-8(10,11)7(15)13-6(14)5-2-1-3-12-4-5/h1-4,7,15H,(H,13,14)/t7-/m0/s1. The van der Waals surface area contributed by atoms with Crippen molar-refractivity contribution < 1.29 is 9.90 Å². The SMILES string of the molecule is O=C(N[C@@H](O)C(Br)(Br)Br)c1cccnc1. The average Bonchev–Trinajstić information content (AvgIpc) is 2.17. The third-order valence-corrected chi connectivity index (χ3v) is 2.80. The van der Waals surface area contributed by atoms with Gasteiger partial charge in [-0.3, -0.25) is 9.78 Å². The molecule has 1 heterocycles. The highest BCUT2D eigenvalue weighted by molar-refractivity contribution is 9.39. The minimum atomic E-state index is -1.12. The molecule has 0 aliphatic carbocycles. The fourth-order valence-corrected chi connectivity index (χ4v) is 1.13. The normalized spacial score (nSPS) is 13.3. The number of alkyl halides is 3. The van der Waals surface area contributed by atoms with Gasteiger partial charge in [-0.05, 0) is 12.1 Å². The van der Waals surface area contributed by atoms with E-state index in [0.717, 1.165) is 0 Å². The Kier molecular flexibility index (Phi) is 4.69. The van der Waals surface area contributed by atoms with E-state index >= 15 is 0 Å². The molecule has 0 bridgehead atoms. The molecule has 0 saturated heterocycles. The first-order chi connectivity index (χ1) is 6.91. The van der Waals surface area contributed by atoms with Crippen LogP contribution in [0.4, 0.5) is 0 Å². The predicted octanol–water partition coefficient (Wildman–Crippen LogP) is 1.97. The summed E-state index contributed by atoms with van der Waals surface area (Å²) in [7, 11) is 0. The van der Waals surface area contributed by atoms with Crippen LogP contribution >= 0.6 is 47.8 Å². The molecule has 0 spiro atoms. The van der Waals surface area contributed by atoms with Crippen molar-refractivity contribution in [1.29, 1.82) is 0 Å². The molecule has 15 heavy (non-hydrogen) atoms. The number of rotatable bonds is 2. The highest BCUT2D eigenvalue weighted by Gasteiger charge is 2.30. The molecule has 0 aliphatic heterocycles. The van der Waals surface area contributed by atoms with Crippen LogP contribution in [0.25, 0.3) is 0 Å². The van der Waals surface area contributed by atoms with Crippen LogP contribution in [0.5, 0.6) is 0 Å². The van der Waals surface area contributed by atoms with Gasteiger partial charge in [-0.15, -0.1) is 0 Å². The average molecular weight is 403 g/mol. The largest absolute Gasteiger partial charge is 0.370 e. The maximum Gasteiger partial charge on any atom is 0.254 e. The van der Waals surface area contributed by atoms with Crippen molar-refractivity contribution in [2.45, 2.75) is 8.37 Å². The number of nitrogens with one attached hydrogen (secondary N) is 1. The minimum absolute atomic E-state index is 0.383. The van der Waals surface area contributed by atoms with E-state index in [0.29, 0.717) is 5.56 Å². The van der Waals surface area contributed by atoms with Crippen LogP contribution in [0.3, 0.4) is 0 Å². The number of hydrogen-bond donors (Lipinski definition) is 2. The van der Waals surface area contributed by atoms with E-state index in [4.69, 9.17) is 0 Å². The van der Waals surface area contributed by atoms with E-state index in [1.54, 1.807) is 18.3 Å². The zero-order valence-electron chi connectivity index (χ0n) is 7.32. The summed E-state index contributed by atoms with van der Waals surface area (Å²) >= 11 is 9.29. The van der Waals surface area contributed by atoms with Crippen molar-refractivity contribution >= 4 is 53.7 Å². The van der Waals surface area contributed by atoms with Gasteiger partial charge in [-0.25, -0.2) is 0 Å². The zero-order valence-corrected chi connectivity index (χ0v) is 12.1. The summed E-state index contributed by atoms with van der Waals surface area (Å²) in [6, 6.07) is 3.25. The van der Waals surface area contributed by atoms with Gasteiger partial charge in [-0.2, -0.15) is 0 Å². The molecular weight excluding hydrogens is 396 g/mol. The first-order valence-corrected chi connectivity index (χ1v) is 6.25. The lowest BCUT2D eigenvalue weighted by atomic mass is 10.3. The molecule has 1 amide bonds. The van der Waals surface area contributed by atoms with Gasteiger partial charge in [0.1, 0.15) is 0 Å². The molecule has 7 heteroatoms. The number of carbonyl (C=O) groups is 1.